The highest BCUT2D eigenvalue weighted by Gasteiger charge is 2.20. The van der Waals surface area contributed by atoms with E-state index in [2.05, 4.69) is 13.8 Å². The molecular formula is C14H18O4. The van der Waals surface area contributed by atoms with Crippen molar-refractivity contribution in [1.29, 1.82) is 0 Å². The van der Waals surface area contributed by atoms with Crippen molar-refractivity contribution in [3.8, 4) is 0 Å². The lowest BCUT2D eigenvalue weighted by molar-refractivity contribution is -0.140. The van der Waals surface area contributed by atoms with E-state index in [4.69, 9.17) is 10.2 Å². The molecule has 0 bridgehead atoms. The third kappa shape index (κ3) is 3.87. The topological polar surface area (TPSA) is 74.6 Å². The molecule has 18 heavy (non-hydrogen) atoms. The summed E-state index contributed by atoms with van der Waals surface area (Å²) in [6, 6.07) is 7.35. The fourth-order valence-corrected chi connectivity index (χ4v) is 1.81. The molecule has 0 saturated carbocycles. The SMILES string of the molecule is CC(C)c1ccc(C(CCC(=O)O)C(=O)O)cc1. The zero-order valence-electron chi connectivity index (χ0n) is 10.6. The molecule has 0 aromatic heterocycles. The molecule has 0 amide bonds. The Morgan fingerprint density at radius 2 is 1.56 bits per heavy atom. The van der Waals surface area contributed by atoms with Gasteiger partial charge in [0, 0.05) is 6.42 Å². The van der Waals surface area contributed by atoms with E-state index in [1.807, 2.05) is 12.1 Å². The van der Waals surface area contributed by atoms with Crippen LogP contribution in [0, 0.1) is 0 Å². The van der Waals surface area contributed by atoms with Crippen molar-refractivity contribution in [2.24, 2.45) is 0 Å². The zero-order valence-corrected chi connectivity index (χ0v) is 10.6. The van der Waals surface area contributed by atoms with Crippen LogP contribution in [0.3, 0.4) is 0 Å². The number of hydrogen-bond donors (Lipinski definition) is 2. The second-order valence-corrected chi connectivity index (χ2v) is 4.64. The Morgan fingerprint density at radius 1 is 1.06 bits per heavy atom. The van der Waals surface area contributed by atoms with Gasteiger partial charge >= 0.3 is 11.9 Å². The Hall–Kier alpha value is -1.84. The lowest BCUT2D eigenvalue weighted by atomic mass is 9.92. The minimum absolute atomic E-state index is 0.117. The monoisotopic (exact) mass is 250 g/mol. The van der Waals surface area contributed by atoms with Gasteiger partial charge in [-0.25, -0.2) is 0 Å². The van der Waals surface area contributed by atoms with Crippen LogP contribution in [-0.2, 0) is 9.59 Å². The van der Waals surface area contributed by atoms with Gasteiger partial charge in [-0.15, -0.1) is 0 Å². The summed E-state index contributed by atoms with van der Waals surface area (Å²) < 4.78 is 0. The Kier molecular flexibility index (Phi) is 4.89. The van der Waals surface area contributed by atoms with Crippen LogP contribution >= 0.6 is 0 Å². The molecule has 1 atom stereocenters. The second kappa shape index (κ2) is 6.19. The minimum atomic E-state index is -0.978. The molecule has 4 nitrogen and oxygen atoms in total. The molecule has 4 heteroatoms. The van der Waals surface area contributed by atoms with Gasteiger partial charge in [-0.2, -0.15) is 0 Å². The molecule has 0 radical (unpaired) electrons. The van der Waals surface area contributed by atoms with Crippen molar-refractivity contribution in [2.75, 3.05) is 0 Å². The van der Waals surface area contributed by atoms with Crippen LogP contribution in [0.4, 0.5) is 0 Å². The normalized spacial score (nSPS) is 12.4. The summed E-state index contributed by atoms with van der Waals surface area (Å²) in [6.07, 6.45) is -0.0193. The van der Waals surface area contributed by atoms with Crippen LogP contribution < -0.4 is 0 Å². The van der Waals surface area contributed by atoms with Crippen LogP contribution in [0.2, 0.25) is 0 Å². The maximum absolute atomic E-state index is 11.1. The van der Waals surface area contributed by atoms with E-state index in [0.29, 0.717) is 11.5 Å². The van der Waals surface area contributed by atoms with Crippen molar-refractivity contribution in [2.45, 2.75) is 38.5 Å². The van der Waals surface area contributed by atoms with Crippen molar-refractivity contribution < 1.29 is 19.8 Å². The first-order chi connectivity index (χ1) is 8.41. The summed E-state index contributed by atoms with van der Waals surface area (Å²) in [6.45, 7) is 4.13. The van der Waals surface area contributed by atoms with Gasteiger partial charge in [0.1, 0.15) is 0 Å². The quantitative estimate of drug-likeness (QED) is 0.814. The minimum Gasteiger partial charge on any atom is -0.481 e. The van der Waals surface area contributed by atoms with E-state index in [1.165, 1.54) is 0 Å². The second-order valence-electron chi connectivity index (χ2n) is 4.64. The summed E-state index contributed by atoms with van der Waals surface area (Å²) in [5.41, 5.74) is 1.80. The zero-order chi connectivity index (χ0) is 13.7. The summed E-state index contributed by atoms with van der Waals surface area (Å²) in [7, 11) is 0. The largest absolute Gasteiger partial charge is 0.481 e. The van der Waals surface area contributed by atoms with Crippen LogP contribution in [0.5, 0.6) is 0 Å². The summed E-state index contributed by atoms with van der Waals surface area (Å²) >= 11 is 0. The van der Waals surface area contributed by atoms with Crippen LogP contribution in [-0.4, -0.2) is 22.2 Å². The van der Waals surface area contributed by atoms with E-state index in [0.717, 1.165) is 5.56 Å². The van der Waals surface area contributed by atoms with E-state index in [-0.39, 0.29) is 12.8 Å². The number of hydrogen-bond acceptors (Lipinski definition) is 2. The molecule has 1 unspecified atom stereocenters. The first-order valence-electron chi connectivity index (χ1n) is 5.96. The first kappa shape index (κ1) is 14.2. The summed E-state index contributed by atoms with van der Waals surface area (Å²) in [5, 5.41) is 17.7. The molecule has 1 rings (SSSR count). The van der Waals surface area contributed by atoms with Crippen molar-refractivity contribution >= 4 is 11.9 Å². The van der Waals surface area contributed by atoms with E-state index < -0.39 is 17.9 Å². The Bertz CT molecular complexity index is 420. The smallest absolute Gasteiger partial charge is 0.310 e. The molecule has 0 aliphatic carbocycles. The highest BCUT2D eigenvalue weighted by atomic mass is 16.4. The molecular weight excluding hydrogens is 232 g/mol. The van der Waals surface area contributed by atoms with Gasteiger partial charge in [-0.05, 0) is 23.5 Å². The van der Waals surface area contributed by atoms with E-state index in [1.54, 1.807) is 12.1 Å². The third-order valence-corrected chi connectivity index (χ3v) is 2.95. The van der Waals surface area contributed by atoms with Gasteiger partial charge in [0.25, 0.3) is 0 Å². The highest BCUT2D eigenvalue weighted by Crippen LogP contribution is 2.24. The fraction of sp³-hybridized carbons (Fsp3) is 0.429. The number of carboxylic acids is 2. The number of aliphatic carboxylic acids is 2. The Labute approximate surface area is 106 Å². The van der Waals surface area contributed by atoms with Gasteiger partial charge in [0.2, 0.25) is 0 Å². The molecule has 0 saturated heterocycles. The number of benzene rings is 1. The van der Waals surface area contributed by atoms with Crippen LogP contribution in [0.1, 0.15) is 49.7 Å². The predicted molar refractivity (Wildman–Crippen MR) is 67.8 cm³/mol. The maximum atomic E-state index is 11.1. The average Bonchev–Trinajstić information content (AvgIpc) is 2.29. The summed E-state index contributed by atoms with van der Waals surface area (Å²) in [5.74, 6) is -2.31. The molecule has 2 N–H and O–H groups in total. The van der Waals surface area contributed by atoms with Gasteiger partial charge in [-0.3, -0.25) is 9.59 Å². The number of carbonyl (C=O) groups is 2. The lowest BCUT2D eigenvalue weighted by Gasteiger charge is -2.13. The molecule has 0 heterocycles. The third-order valence-electron chi connectivity index (χ3n) is 2.95. The van der Waals surface area contributed by atoms with Gasteiger partial charge in [0.15, 0.2) is 0 Å². The number of carboxylic acid groups (broad SMARTS) is 2. The molecule has 98 valence electrons. The lowest BCUT2D eigenvalue weighted by Crippen LogP contribution is -2.13. The Morgan fingerprint density at radius 3 is 1.94 bits per heavy atom. The predicted octanol–water partition coefficient (Wildman–Crippen LogP) is 2.84. The van der Waals surface area contributed by atoms with Gasteiger partial charge in [0.05, 0.1) is 5.92 Å². The molecule has 0 fully saturated rings. The standard InChI is InChI=1S/C14H18O4/c1-9(2)10-3-5-11(6-4-10)12(14(17)18)7-8-13(15)16/h3-6,9,12H,7-8H2,1-2H3,(H,15,16)(H,17,18). The van der Waals surface area contributed by atoms with Gasteiger partial charge in [-0.1, -0.05) is 38.1 Å². The highest BCUT2D eigenvalue weighted by molar-refractivity contribution is 5.77. The fourth-order valence-electron chi connectivity index (χ4n) is 1.81. The summed E-state index contributed by atoms with van der Waals surface area (Å²) in [4.78, 5) is 21.6. The maximum Gasteiger partial charge on any atom is 0.310 e. The number of rotatable bonds is 6. The molecule has 0 aliphatic rings. The average molecular weight is 250 g/mol. The van der Waals surface area contributed by atoms with E-state index in [9.17, 15) is 9.59 Å². The van der Waals surface area contributed by atoms with Crippen LogP contribution in [0.15, 0.2) is 24.3 Å². The van der Waals surface area contributed by atoms with Crippen LogP contribution in [0.25, 0.3) is 0 Å². The molecule has 1 aromatic carbocycles. The van der Waals surface area contributed by atoms with E-state index >= 15 is 0 Å². The van der Waals surface area contributed by atoms with Crippen molar-refractivity contribution in [1.82, 2.24) is 0 Å². The van der Waals surface area contributed by atoms with Gasteiger partial charge < -0.3 is 10.2 Å². The molecule has 1 aromatic rings. The first-order valence-corrected chi connectivity index (χ1v) is 5.96. The molecule has 0 spiro atoms. The Balaban J connectivity index is 2.85. The molecule has 0 aliphatic heterocycles. The van der Waals surface area contributed by atoms with Crippen molar-refractivity contribution in [3.05, 3.63) is 35.4 Å². The van der Waals surface area contributed by atoms with Crippen molar-refractivity contribution in [3.63, 3.8) is 0 Å².